The maximum Gasteiger partial charge on any atom is 0.0788 e. The van der Waals surface area contributed by atoms with Crippen LogP contribution in [0.1, 0.15) is 18.5 Å². The van der Waals surface area contributed by atoms with Crippen LogP contribution < -0.4 is 5.32 Å². The Hall–Kier alpha value is -0.400. The second-order valence-electron chi connectivity index (χ2n) is 3.82. The van der Waals surface area contributed by atoms with Gasteiger partial charge in [0.1, 0.15) is 0 Å². The molecule has 3 nitrogen and oxygen atoms in total. The Labute approximate surface area is 123 Å². The van der Waals surface area contributed by atoms with Crippen molar-refractivity contribution < 1.29 is 0 Å². The van der Waals surface area contributed by atoms with E-state index in [2.05, 4.69) is 74.1 Å². The molecular formula is C12H13BrIN3. The van der Waals surface area contributed by atoms with Crippen molar-refractivity contribution in [3.8, 4) is 5.69 Å². The van der Waals surface area contributed by atoms with Gasteiger partial charge in [-0.2, -0.15) is 5.10 Å². The monoisotopic (exact) mass is 405 g/mol. The number of nitrogens with zero attached hydrogens (tertiary/aromatic N) is 2. The minimum Gasteiger partial charge on any atom is -0.313 e. The molecule has 0 radical (unpaired) electrons. The van der Waals surface area contributed by atoms with Gasteiger partial charge in [0.05, 0.1) is 15.5 Å². The van der Waals surface area contributed by atoms with Gasteiger partial charge in [-0.1, -0.05) is 6.07 Å². The van der Waals surface area contributed by atoms with Crippen LogP contribution in [0.5, 0.6) is 0 Å². The summed E-state index contributed by atoms with van der Waals surface area (Å²) in [6.45, 7) is 2.14. The van der Waals surface area contributed by atoms with E-state index in [-0.39, 0.29) is 0 Å². The zero-order chi connectivity index (χ0) is 12.4. The molecule has 90 valence electrons. The normalized spacial score (nSPS) is 12.7. The first kappa shape index (κ1) is 13.0. The van der Waals surface area contributed by atoms with Crippen molar-refractivity contribution in [1.82, 2.24) is 15.1 Å². The number of hydrogen-bond donors (Lipinski definition) is 1. The Morgan fingerprint density at radius 3 is 2.76 bits per heavy atom. The summed E-state index contributed by atoms with van der Waals surface area (Å²) in [5, 5.41) is 7.53. The molecule has 17 heavy (non-hydrogen) atoms. The van der Waals surface area contributed by atoms with E-state index in [4.69, 9.17) is 0 Å². The molecule has 2 aromatic rings. The molecule has 0 saturated carbocycles. The van der Waals surface area contributed by atoms with E-state index in [0.29, 0.717) is 6.04 Å². The van der Waals surface area contributed by atoms with Gasteiger partial charge in [0.2, 0.25) is 0 Å². The molecule has 0 spiro atoms. The van der Waals surface area contributed by atoms with Crippen LogP contribution in [0.25, 0.3) is 5.69 Å². The van der Waals surface area contributed by atoms with Gasteiger partial charge in [-0.15, -0.1) is 0 Å². The van der Waals surface area contributed by atoms with E-state index in [1.54, 1.807) is 0 Å². The lowest BCUT2D eigenvalue weighted by atomic mass is 10.1. The van der Waals surface area contributed by atoms with Crippen molar-refractivity contribution in [1.29, 1.82) is 0 Å². The van der Waals surface area contributed by atoms with Crippen molar-refractivity contribution in [2.45, 2.75) is 13.0 Å². The van der Waals surface area contributed by atoms with Gasteiger partial charge in [0.15, 0.2) is 0 Å². The summed E-state index contributed by atoms with van der Waals surface area (Å²) in [6, 6.07) is 6.68. The predicted octanol–water partition coefficient (Wildman–Crippen LogP) is 3.52. The van der Waals surface area contributed by atoms with E-state index >= 15 is 0 Å². The highest BCUT2D eigenvalue weighted by atomic mass is 127. The molecule has 0 aliphatic heterocycles. The van der Waals surface area contributed by atoms with E-state index < -0.39 is 0 Å². The van der Waals surface area contributed by atoms with E-state index in [1.807, 2.05) is 24.1 Å². The van der Waals surface area contributed by atoms with Gasteiger partial charge < -0.3 is 5.32 Å². The smallest absolute Gasteiger partial charge is 0.0788 e. The summed E-state index contributed by atoms with van der Waals surface area (Å²) in [4.78, 5) is 0. The van der Waals surface area contributed by atoms with Crippen molar-refractivity contribution in [3.63, 3.8) is 0 Å². The molecule has 0 fully saturated rings. The first-order valence-corrected chi connectivity index (χ1v) is 7.16. The number of hydrogen-bond acceptors (Lipinski definition) is 2. The number of aromatic nitrogens is 2. The summed E-state index contributed by atoms with van der Waals surface area (Å²) >= 11 is 5.85. The SMILES string of the molecule is CNC(C)c1ccc(-n2cc(I)cn2)c(Br)c1. The van der Waals surface area contributed by atoms with Gasteiger partial charge in [-0.25, -0.2) is 4.68 Å². The minimum atomic E-state index is 0.345. The highest BCUT2D eigenvalue weighted by molar-refractivity contribution is 14.1. The second-order valence-corrected chi connectivity index (χ2v) is 5.92. The largest absolute Gasteiger partial charge is 0.313 e. The molecule has 1 N–H and O–H groups in total. The minimum absolute atomic E-state index is 0.345. The Bertz CT molecular complexity index is 524. The van der Waals surface area contributed by atoms with Crippen LogP contribution in [0.3, 0.4) is 0 Å². The van der Waals surface area contributed by atoms with Crippen molar-refractivity contribution >= 4 is 38.5 Å². The van der Waals surface area contributed by atoms with Crippen molar-refractivity contribution in [3.05, 3.63) is 44.2 Å². The predicted molar refractivity (Wildman–Crippen MR) is 81.5 cm³/mol. The van der Waals surface area contributed by atoms with E-state index in [9.17, 15) is 0 Å². The first-order chi connectivity index (χ1) is 8.11. The molecule has 5 heteroatoms. The summed E-state index contributed by atoms with van der Waals surface area (Å²) in [5.41, 5.74) is 2.31. The molecule has 1 aromatic heterocycles. The topological polar surface area (TPSA) is 29.9 Å². The average Bonchev–Trinajstić information content (AvgIpc) is 2.74. The summed E-state index contributed by atoms with van der Waals surface area (Å²) in [5.74, 6) is 0. The molecule has 1 aromatic carbocycles. The van der Waals surface area contributed by atoms with Gasteiger partial charge >= 0.3 is 0 Å². The van der Waals surface area contributed by atoms with Crippen LogP contribution in [-0.2, 0) is 0 Å². The third-order valence-electron chi connectivity index (χ3n) is 2.70. The molecule has 0 aliphatic rings. The standard InChI is InChI=1S/C12H13BrIN3/c1-8(15-2)9-3-4-12(11(13)5-9)17-7-10(14)6-16-17/h3-8,15H,1-2H3. The van der Waals surface area contributed by atoms with Gasteiger partial charge in [0.25, 0.3) is 0 Å². The average molecular weight is 406 g/mol. The number of halogens is 2. The van der Waals surface area contributed by atoms with Crippen LogP contribution in [0.2, 0.25) is 0 Å². The molecule has 1 unspecified atom stereocenters. The highest BCUT2D eigenvalue weighted by Gasteiger charge is 2.08. The third kappa shape index (κ3) is 2.89. The Morgan fingerprint density at radius 1 is 1.47 bits per heavy atom. The fraction of sp³-hybridized carbons (Fsp3) is 0.250. The first-order valence-electron chi connectivity index (χ1n) is 5.29. The zero-order valence-corrected chi connectivity index (χ0v) is 13.4. The third-order valence-corrected chi connectivity index (χ3v) is 3.89. The number of benzene rings is 1. The summed E-state index contributed by atoms with van der Waals surface area (Å²) < 4.78 is 4.05. The molecule has 0 bridgehead atoms. The Kier molecular flexibility index (Phi) is 4.22. The molecular weight excluding hydrogens is 393 g/mol. The van der Waals surface area contributed by atoms with Crippen molar-refractivity contribution in [2.75, 3.05) is 7.05 Å². The van der Waals surface area contributed by atoms with E-state index in [0.717, 1.165) is 13.7 Å². The van der Waals surface area contributed by atoms with Crippen LogP contribution in [-0.4, -0.2) is 16.8 Å². The van der Waals surface area contributed by atoms with Gasteiger partial charge in [-0.05, 0) is 70.2 Å². The second kappa shape index (κ2) is 5.49. The molecule has 1 heterocycles. The Balaban J connectivity index is 2.38. The maximum absolute atomic E-state index is 4.31. The van der Waals surface area contributed by atoms with Crippen LogP contribution >= 0.6 is 38.5 Å². The quantitative estimate of drug-likeness (QED) is 0.791. The van der Waals surface area contributed by atoms with Gasteiger partial charge in [0, 0.05) is 16.7 Å². The summed E-state index contributed by atoms with van der Waals surface area (Å²) in [7, 11) is 1.96. The molecule has 2 rings (SSSR count). The lowest BCUT2D eigenvalue weighted by molar-refractivity contribution is 0.651. The van der Waals surface area contributed by atoms with E-state index in [1.165, 1.54) is 5.56 Å². The van der Waals surface area contributed by atoms with Crippen LogP contribution in [0.4, 0.5) is 0 Å². The fourth-order valence-electron chi connectivity index (χ4n) is 1.58. The fourth-order valence-corrected chi connectivity index (χ4v) is 2.54. The number of rotatable bonds is 3. The maximum atomic E-state index is 4.31. The molecule has 0 amide bonds. The lowest BCUT2D eigenvalue weighted by Gasteiger charge is -2.12. The lowest BCUT2D eigenvalue weighted by Crippen LogP contribution is -2.12. The molecule has 0 saturated heterocycles. The zero-order valence-electron chi connectivity index (χ0n) is 9.61. The molecule has 0 aliphatic carbocycles. The van der Waals surface area contributed by atoms with Crippen LogP contribution in [0.15, 0.2) is 35.1 Å². The highest BCUT2D eigenvalue weighted by Crippen LogP contribution is 2.25. The number of nitrogens with one attached hydrogen (secondary N) is 1. The Morgan fingerprint density at radius 2 is 2.24 bits per heavy atom. The van der Waals surface area contributed by atoms with Crippen LogP contribution in [0, 0.1) is 3.57 Å². The summed E-state index contributed by atoms with van der Waals surface area (Å²) in [6.07, 6.45) is 3.85. The van der Waals surface area contributed by atoms with Crippen molar-refractivity contribution in [2.24, 2.45) is 0 Å². The molecule has 1 atom stereocenters. The van der Waals surface area contributed by atoms with Gasteiger partial charge in [-0.3, -0.25) is 0 Å².